The van der Waals surface area contributed by atoms with Crippen molar-refractivity contribution in [2.45, 2.75) is 52.9 Å². The van der Waals surface area contributed by atoms with E-state index in [0.717, 1.165) is 45.2 Å². The molecule has 1 saturated heterocycles. The number of hydrogen-bond acceptors (Lipinski definition) is 2. The highest BCUT2D eigenvalue weighted by atomic mass is 16.5. The number of aliphatic imine (C=N–C) groups is 1. The van der Waals surface area contributed by atoms with Gasteiger partial charge in [-0.3, -0.25) is 4.99 Å². The lowest BCUT2D eigenvalue weighted by atomic mass is 9.78. The van der Waals surface area contributed by atoms with Gasteiger partial charge < -0.3 is 15.0 Å². The lowest BCUT2D eigenvalue weighted by Gasteiger charge is -2.42. The quantitative estimate of drug-likeness (QED) is 0.443. The molecule has 0 amide bonds. The van der Waals surface area contributed by atoms with E-state index in [1.54, 1.807) is 0 Å². The number of rotatable bonds is 7. The molecule has 0 spiro atoms. The predicted molar refractivity (Wildman–Crippen MR) is 86.3 cm³/mol. The first-order chi connectivity index (χ1) is 9.65. The molecule has 1 rings (SSSR count). The Labute approximate surface area is 125 Å². The Balaban J connectivity index is 2.40. The van der Waals surface area contributed by atoms with E-state index in [-0.39, 0.29) is 0 Å². The lowest BCUT2D eigenvalue weighted by Crippen LogP contribution is -2.50. The Kier molecular flexibility index (Phi) is 7.97. The van der Waals surface area contributed by atoms with Gasteiger partial charge in [-0.2, -0.15) is 0 Å². The molecule has 0 bridgehead atoms. The maximum atomic E-state index is 5.37. The maximum Gasteiger partial charge on any atom is 0.193 e. The number of ether oxygens (including phenoxy) is 1. The van der Waals surface area contributed by atoms with Crippen molar-refractivity contribution >= 4 is 5.96 Å². The highest BCUT2D eigenvalue weighted by Crippen LogP contribution is 2.33. The lowest BCUT2D eigenvalue weighted by molar-refractivity contribution is 0.139. The Morgan fingerprint density at radius 2 is 2.20 bits per heavy atom. The fourth-order valence-corrected chi connectivity index (χ4v) is 3.16. The fourth-order valence-electron chi connectivity index (χ4n) is 3.16. The molecule has 4 nitrogen and oxygen atoms in total. The molecule has 118 valence electrons. The van der Waals surface area contributed by atoms with Crippen LogP contribution in [0.4, 0.5) is 0 Å². The summed E-state index contributed by atoms with van der Waals surface area (Å²) in [4.78, 5) is 6.88. The van der Waals surface area contributed by atoms with Gasteiger partial charge in [-0.15, -0.1) is 0 Å². The third kappa shape index (κ3) is 5.70. The molecule has 20 heavy (non-hydrogen) atoms. The van der Waals surface area contributed by atoms with Gasteiger partial charge >= 0.3 is 0 Å². The molecule has 0 aliphatic carbocycles. The zero-order valence-corrected chi connectivity index (χ0v) is 13.9. The molecule has 1 atom stereocenters. The molecule has 1 unspecified atom stereocenters. The minimum atomic E-state index is 0.454. The van der Waals surface area contributed by atoms with Crippen LogP contribution in [0.2, 0.25) is 0 Å². The summed E-state index contributed by atoms with van der Waals surface area (Å²) in [5.74, 6) is 1.06. The molecule has 1 heterocycles. The Bertz CT molecular complexity index is 289. The van der Waals surface area contributed by atoms with Crippen molar-refractivity contribution in [1.29, 1.82) is 0 Å². The number of piperidine rings is 1. The monoisotopic (exact) mass is 283 g/mol. The second-order valence-electron chi connectivity index (χ2n) is 6.11. The molecule has 1 aliphatic rings. The van der Waals surface area contributed by atoms with Crippen LogP contribution < -0.4 is 5.32 Å². The van der Waals surface area contributed by atoms with E-state index >= 15 is 0 Å². The van der Waals surface area contributed by atoms with Gasteiger partial charge in [0.2, 0.25) is 0 Å². The van der Waals surface area contributed by atoms with E-state index < -0.39 is 0 Å². The largest absolute Gasteiger partial charge is 0.382 e. The van der Waals surface area contributed by atoms with Gasteiger partial charge in [0.25, 0.3) is 0 Å². The number of nitrogens with one attached hydrogen (secondary N) is 1. The molecular weight excluding hydrogens is 250 g/mol. The summed E-state index contributed by atoms with van der Waals surface area (Å²) in [6.45, 7) is 11.6. The third-order valence-electron chi connectivity index (χ3n) is 4.10. The standard InChI is InChI=1S/C16H33N3O/c1-5-9-16(3)10-7-12-19(14-16)15(17-4)18-11-8-13-20-6-2/h5-14H2,1-4H3,(H,17,18). The average Bonchev–Trinajstić information content (AvgIpc) is 2.43. The second-order valence-corrected chi connectivity index (χ2v) is 6.11. The molecular formula is C16H33N3O. The van der Waals surface area contributed by atoms with Crippen molar-refractivity contribution in [2.24, 2.45) is 10.4 Å². The zero-order chi connectivity index (χ0) is 14.8. The molecule has 1 fully saturated rings. The molecule has 0 aromatic rings. The molecule has 0 saturated carbocycles. The van der Waals surface area contributed by atoms with Gasteiger partial charge in [-0.05, 0) is 38.0 Å². The van der Waals surface area contributed by atoms with Gasteiger partial charge in [-0.25, -0.2) is 0 Å². The van der Waals surface area contributed by atoms with E-state index in [9.17, 15) is 0 Å². The van der Waals surface area contributed by atoms with Gasteiger partial charge in [0.15, 0.2) is 5.96 Å². The van der Waals surface area contributed by atoms with E-state index in [0.29, 0.717) is 5.41 Å². The van der Waals surface area contributed by atoms with Crippen LogP contribution >= 0.6 is 0 Å². The maximum absolute atomic E-state index is 5.37. The zero-order valence-electron chi connectivity index (χ0n) is 13.9. The van der Waals surface area contributed by atoms with Crippen LogP contribution in [0.5, 0.6) is 0 Å². The van der Waals surface area contributed by atoms with E-state index in [1.165, 1.54) is 25.7 Å². The summed E-state index contributed by atoms with van der Waals surface area (Å²) in [6, 6.07) is 0. The van der Waals surface area contributed by atoms with E-state index in [2.05, 4.69) is 29.1 Å². The minimum absolute atomic E-state index is 0.454. The number of guanidine groups is 1. The summed E-state index contributed by atoms with van der Waals surface area (Å²) in [5, 5.41) is 3.47. The minimum Gasteiger partial charge on any atom is -0.382 e. The van der Waals surface area contributed by atoms with Crippen molar-refractivity contribution in [3.05, 3.63) is 0 Å². The number of likely N-dealkylation sites (tertiary alicyclic amines) is 1. The van der Waals surface area contributed by atoms with Crippen molar-refractivity contribution in [3.8, 4) is 0 Å². The Morgan fingerprint density at radius 1 is 1.40 bits per heavy atom. The van der Waals surface area contributed by atoms with Crippen LogP contribution in [0.15, 0.2) is 4.99 Å². The van der Waals surface area contributed by atoms with E-state index in [4.69, 9.17) is 4.74 Å². The predicted octanol–water partition coefficient (Wildman–Crippen LogP) is 2.89. The van der Waals surface area contributed by atoms with Crippen molar-refractivity contribution < 1.29 is 4.74 Å². The van der Waals surface area contributed by atoms with Gasteiger partial charge in [0, 0.05) is 39.9 Å². The Morgan fingerprint density at radius 3 is 2.85 bits per heavy atom. The van der Waals surface area contributed by atoms with Crippen molar-refractivity contribution in [1.82, 2.24) is 10.2 Å². The Hall–Kier alpha value is -0.770. The molecule has 1 aliphatic heterocycles. The summed E-state index contributed by atoms with van der Waals surface area (Å²) >= 11 is 0. The average molecular weight is 283 g/mol. The smallest absolute Gasteiger partial charge is 0.193 e. The topological polar surface area (TPSA) is 36.9 Å². The van der Waals surface area contributed by atoms with Crippen LogP contribution in [0.25, 0.3) is 0 Å². The van der Waals surface area contributed by atoms with Crippen molar-refractivity contribution in [3.63, 3.8) is 0 Å². The molecule has 4 heteroatoms. The highest BCUT2D eigenvalue weighted by Gasteiger charge is 2.31. The first kappa shape index (κ1) is 17.3. The van der Waals surface area contributed by atoms with Crippen molar-refractivity contribution in [2.75, 3.05) is 39.9 Å². The van der Waals surface area contributed by atoms with Gasteiger partial charge in [0.05, 0.1) is 0 Å². The van der Waals surface area contributed by atoms with Crippen LogP contribution in [0.3, 0.4) is 0 Å². The van der Waals surface area contributed by atoms with Crippen LogP contribution in [-0.4, -0.2) is 50.8 Å². The molecule has 0 aromatic carbocycles. The first-order valence-corrected chi connectivity index (χ1v) is 8.18. The van der Waals surface area contributed by atoms with Gasteiger partial charge in [0.1, 0.15) is 0 Å². The van der Waals surface area contributed by atoms with Crippen LogP contribution in [0.1, 0.15) is 52.9 Å². The normalized spacial score (nSPS) is 24.0. The molecule has 1 N–H and O–H groups in total. The molecule has 0 radical (unpaired) electrons. The number of hydrogen-bond donors (Lipinski definition) is 1. The van der Waals surface area contributed by atoms with Crippen LogP contribution in [0, 0.1) is 5.41 Å². The van der Waals surface area contributed by atoms with Gasteiger partial charge in [-0.1, -0.05) is 20.3 Å². The SMILES string of the molecule is CCCC1(C)CCCN(C(=NC)NCCCOCC)C1. The summed E-state index contributed by atoms with van der Waals surface area (Å²) in [5.41, 5.74) is 0.454. The number of nitrogens with zero attached hydrogens (tertiary/aromatic N) is 2. The van der Waals surface area contributed by atoms with Crippen LogP contribution in [-0.2, 0) is 4.74 Å². The first-order valence-electron chi connectivity index (χ1n) is 8.18. The third-order valence-corrected chi connectivity index (χ3v) is 4.10. The molecule has 0 aromatic heterocycles. The summed E-state index contributed by atoms with van der Waals surface area (Å²) < 4.78 is 5.37. The highest BCUT2D eigenvalue weighted by molar-refractivity contribution is 5.80. The summed E-state index contributed by atoms with van der Waals surface area (Å²) in [7, 11) is 1.89. The van der Waals surface area contributed by atoms with E-state index in [1.807, 2.05) is 14.0 Å². The summed E-state index contributed by atoms with van der Waals surface area (Å²) in [6.07, 6.45) is 6.23. The fraction of sp³-hybridized carbons (Fsp3) is 0.938. The second kappa shape index (κ2) is 9.22.